The van der Waals surface area contributed by atoms with Crippen molar-refractivity contribution in [3.05, 3.63) is 192 Å². The molecule has 0 aliphatic rings. The smallest absolute Gasteiger partial charge is 0.148 e. The maximum absolute atomic E-state index is 12.9. The molecule has 2 heterocycles. The van der Waals surface area contributed by atoms with Crippen LogP contribution in [0.25, 0.3) is 83.9 Å². The van der Waals surface area contributed by atoms with Gasteiger partial charge >= 0.3 is 0 Å². The number of hydrogen-bond acceptors (Lipinski definition) is 3. The molecule has 1 N–H and O–H groups in total. The molecule has 0 saturated heterocycles. The summed E-state index contributed by atoms with van der Waals surface area (Å²) < 4.78 is 38.4. The van der Waals surface area contributed by atoms with Crippen molar-refractivity contribution in [3.63, 3.8) is 0 Å². The number of nitrogens with zero attached hydrogens (tertiary/aromatic N) is 3. The first-order chi connectivity index (χ1) is 35.8. The summed E-state index contributed by atoms with van der Waals surface area (Å²) >= 11 is 0. The third-order valence-electron chi connectivity index (χ3n) is 13.7. The topological polar surface area (TPSA) is 50.9 Å². The Kier molecular flexibility index (Phi) is 13.2. The van der Waals surface area contributed by atoms with Crippen LogP contribution in [0.4, 0.5) is 0 Å². The van der Waals surface area contributed by atoms with E-state index in [1.165, 1.54) is 5.56 Å². The minimum absolute atomic E-state index is 0. The van der Waals surface area contributed by atoms with Gasteiger partial charge in [-0.3, -0.25) is 9.55 Å². The van der Waals surface area contributed by atoms with Crippen LogP contribution < -0.4 is 0 Å². The van der Waals surface area contributed by atoms with E-state index in [1.54, 1.807) is 18.3 Å². The van der Waals surface area contributed by atoms with Gasteiger partial charge in [-0.05, 0) is 103 Å². The van der Waals surface area contributed by atoms with Crippen LogP contribution in [0.2, 0.25) is 0 Å². The van der Waals surface area contributed by atoms with Crippen molar-refractivity contribution < 1.29 is 31.7 Å². The van der Waals surface area contributed by atoms with E-state index in [2.05, 4.69) is 209 Å². The van der Waals surface area contributed by atoms with E-state index in [9.17, 15) is 5.11 Å². The van der Waals surface area contributed by atoms with Crippen molar-refractivity contribution in [3.8, 4) is 78.6 Å². The summed E-state index contributed by atoms with van der Waals surface area (Å²) in [6.45, 7) is 31.9. The quantitative estimate of drug-likeness (QED) is 0.154. The van der Waals surface area contributed by atoms with Crippen molar-refractivity contribution >= 4 is 11.0 Å². The molecular weight excluding hydrogens is 1080 g/mol. The average molecular weight is 1160 g/mol. The van der Waals surface area contributed by atoms with Gasteiger partial charge in [-0.1, -0.05) is 224 Å². The largest absolute Gasteiger partial charge is 0.507 e. The molecule has 5 heteroatoms. The van der Waals surface area contributed by atoms with Crippen molar-refractivity contribution in [1.29, 1.82) is 0 Å². The number of hydrogen-bond donors (Lipinski definition) is 1. The monoisotopic (exact) mass is 1160 g/mol. The molecule has 0 aliphatic heterocycles. The predicted octanol–water partition coefficient (Wildman–Crippen LogP) is 18.7. The molecule has 0 radical (unpaired) electrons. The SMILES string of the molecule is [2H]c1cc(C([2H])([2H])C(C)(C)C)cc([2H])c1-c1ccnc(-c2[c-]c(-c3cccc4c3nc(-c3cc(C(C)(C)C)cc(C(C)(C)C)c3O)n4-c3c(-c4ccccc4)cc(C(C)(C)C)cc3-c3ccccc3)cc(C(C)(C)C)c2)c1.[Pt]. The fourth-order valence-corrected chi connectivity index (χ4v) is 9.59. The number of aromatic hydroxyl groups is 1. The first-order valence-corrected chi connectivity index (χ1v) is 25.7. The van der Waals surface area contributed by atoms with Crippen LogP contribution in [-0.2, 0) is 49.1 Å². The Bertz CT molecular complexity index is 3630. The van der Waals surface area contributed by atoms with Crippen molar-refractivity contribution in [1.82, 2.24) is 14.5 Å². The Morgan fingerprint density at radius 1 is 0.527 bits per heavy atom. The van der Waals surface area contributed by atoms with Gasteiger partial charge in [0.1, 0.15) is 11.6 Å². The second-order valence-electron chi connectivity index (χ2n) is 24.9. The summed E-state index contributed by atoms with van der Waals surface area (Å²) in [7, 11) is 0. The fourth-order valence-electron chi connectivity index (χ4n) is 9.59. The van der Waals surface area contributed by atoms with Gasteiger partial charge in [0.25, 0.3) is 0 Å². The van der Waals surface area contributed by atoms with Gasteiger partial charge in [-0.25, -0.2) is 4.98 Å². The summed E-state index contributed by atoms with van der Waals surface area (Å²) in [6, 6.07) is 51.6. The summed E-state index contributed by atoms with van der Waals surface area (Å²) in [5.41, 5.74) is 14.0. The van der Waals surface area contributed by atoms with Crippen molar-refractivity contribution in [2.24, 2.45) is 5.41 Å². The van der Waals surface area contributed by atoms with Crippen molar-refractivity contribution in [2.45, 2.75) is 132 Å². The van der Waals surface area contributed by atoms with E-state index < -0.39 is 17.2 Å². The van der Waals surface area contributed by atoms with Gasteiger partial charge in [0.15, 0.2) is 0 Å². The zero-order chi connectivity index (χ0) is 55.9. The van der Waals surface area contributed by atoms with Gasteiger partial charge in [-0.2, -0.15) is 0 Å². The maximum atomic E-state index is 12.9. The third-order valence-corrected chi connectivity index (χ3v) is 13.7. The van der Waals surface area contributed by atoms with Crippen LogP contribution in [0.1, 0.15) is 137 Å². The normalized spacial score (nSPS) is 13.5. The molecule has 0 atom stereocenters. The Hall–Kier alpha value is -6.35. The fraction of sp³-hybridized carbons (Fsp3) is 0.304. The van der Waals surface area contributed by atoms with E-state index in [-0.39, 0.29) is 55.1 Å². The molecule has 0 unspecified atom stereocenters. The molecule has 9 rings (SSSR count). The summed E-state index contributed by atoms with van der Waals surface area (Å²) in [5, 5.41) is 12.9. The van der Waals surface area contributed by atoms with E-state index in [4.69, 9.17) is 15.5 Å². The van der Waals surface area contributed by atoms with Gasteiger partial charge in [0, 0.05) is 52.4 Å². The number of pyridine rings is 1. The minimum Gasteiger partial charge on any atom is -0.507 e. The first kappa shape index (κ1) is 48.6. The number of imidazole rings is 1. The van der Waals surface area contributed by atoms with Crippen LogP contribution in [0.15, 0.2) is 158 Å². The maximum Gasteiger partial charge on any atom is 0.148 e. The van der Waals surface area contributed by atoms with Crippen LogP contribution in [0.3, 0.4) is 0 Å². The van der Waals surface area contributed by atoms with Gasteiger partial charge in [-0.15, -0.1) is 29.3 Å². The zero-order valence-corrected chi connectivity index (χ0v) is 48.2. The molecule has 74 heavy (non-hydrogen) atoms. The number of aromatic nitrogens is 3. The number of benzene rings is 7. The number of para-hydroxylation sites is 1. The minimum atomic E-state index is -1.75. The van der Waals surface area contributed by atoms with Crippen LogP contribution in [0, 0.1) is 11.5 Å². The van der Waals surface area contributed by atoms with Gasteiger partial charge in [0.05, 0.1) is 25.0 Å². The molecule has 0 amide bonds. The Morgan fingerprint density at radius 3 is 1.59 bits per heavy atom. The van der Waals surface area contributed by atoms with Gasteiger partial charge in [0.2, 0.25) is 0 Å². The Morgan fingerprint density at radius 2 is 1.05 bits per heavy atom. The number of rotatable bonds is 8. The van der Waals surface area contributed by atoms with Crippen LogP contribution in [-0.4, -0.2) is 19.6 Å². The van der Waals surface area contributed by atoms with Crippen molar-refractivity contribution in [2.75, 3.05) is 0 Å². The van der Waals surface area contributed by atoms with E-state index in [0.717, 1.165) is 72.4 Å². The van der Waals surface area contributed by atoms with Gasteiger partial charge < -0.3 is 5.11 Å². The molecule has 0 aliphatic carbocycles. The second kappa shape index (κ2) is 20.1. The molecular formula is C69H74N3OPt-. The molecule has 0 bridgehead atoms. The third kappa shape index (κ3) is 11.2. The van der Waals surface area contributed by atoms with Crippen LogP contribution >= 0.6 is 0 Å². The van der Waals surface area contributed by atoms with E-state index in [1.807, 2.05) is 32.9 Å². The van der Waals surface area contributed by atoms with E-state index in [0.29, 0.717) is 33.8 Å². The molecule has 4 nitrogen and oxygen atoms in total. The average Bonchev–Trinajstić information content (AvgIpc) is 3.95. The zero-order valence-electron chi connectivity index (χ0n) is 50.0. The predicted molar refractivity (Wildman–Crippen MR) is 310 cm³/mol. The molecule has 0 saturated carbocycles. The second-order valence-corrected chi connectivity index (χ2v) is 24.9. The summed E-state index contributed by atoms with van der Waals surface area (Å²) in [5.74, 6) is 0.807. The molecule has 0 spiro atoms. The standard InChI is InChI=1S/C69H74N3O.Pt/c1-65(2,3)43-44-29-31-45(32-30-44)48-33-34-70-59(38-48)50-35-49(36-51(37-50)66(4,5)6)54-27-22-28-60-61(54)71-64(57-41-53(68(10,11)12)42-58(63(57)73)69(13,14)15)72(60)62-55(46-23-18-16-19-24-46)39-52(67(7,8)9)40-56(62)47-25-20-17-21-26-47;/h16-34,36-42,73H,43H2,1-15H3;/q-1;/i31D,32D,43D2;. The first-order valence-electron chi connectivity index (χ1n) is 27.7. The number of fused-ring (bicyclic) bond motifs is 1. The number of phenols is 1. The molecule has 382 valence electrons. The number of phenolic OH excluding ortho intramolecular Hbond substituents is 1. The summed E-state index contributed by atoms with van der Waals surface area (Å²) in [4.78, 5) is 10.7. The Balaban J connectivity index is 0.00000803. The summed E-state index contributed by atoms with van der Waals surface area (Å²) in [6.07, 6.45) is -0.0440. The van der Waals surface area contributed by atoms with E-state index >= 15 is 0 Å². The molecule has 7 aromatic carbocycles. The Labute approximate surface area is 462 Å². The molecule has 2 aromatic heterocycles. The molecule has 9 aromatic rings. The van der Waals surface area contributed by atoms with Crippen LogP contribution in [0.5, 0.6) is 5.75 Å². The molecule has 0 fully saturated rings.